The standard InChI is InChI=1S/C18H22N2O3/c1-11-12(2)23-13(3)16(11)18(22)20(5)10-14-6-8-15(9-7-14)17(21)19-4/h6-9H,10H2,1-5H3,(H,19,21). The topological polar surface area (TPSA) is 62.6 Å². The van der Waals surface area contributed by atoms with E-state index in [9.17, 15) is 9.59 Å². The Kier molecular flexibility index (Phi) is 4.89. The number of furan rings is 1. The van der Waals surface area contributed by atoms with Crippen molar-refractivity contribution in [1.29, 1.82) is 0 Å². The van der Waals surface area contributed by atoms with Crippen LogP contribution in [0, 0.1) is 20.8 Å². The van der Waals surface area contributed by atoms with E-state index in [-0.39, 0.29) is 11.8 Å². The smallest absolute Gasteiger partial charge is 0.257 e. The van der Waals surface area contributed by atoms with Crippen LogP contribution in [0.1, 0.15) is 43.4 Å². The first-order chi connectivity index (χ1) is 10.8. The number of benzene rings is 1. The lowest BCUT2D eigenvalue weighted by atomic mass is 10.1. The molecule has 1 heterocycles. The average molecular weight is 314 g/mol. The third kappa shape index (κ3) is 3.44. The monoisotopic (exact) mass is 314 g/mol. The van der Waals surface area contributed by atoms with Gasteiger partial charge in [0.05, 0.1) is 5.56 Å². The third-order valence-electron chi connectivity index (χ3n) is 3.98. The number of nitrogens with one attached hydrogen (secondary N) is 1. The molecule has 122 valence electrons. The molecule has 1 N–H and O–H groups in total. The largest absolute Gasteiger partial charge is 0.466 e. The fourth-order valence-corrected chi connectivity index (χ4v) is 2.55. The fourth-order valence-electron chi connectivity index (χ4n) is 2.55. The maximum atomic E-state index is 12.6. The van der Waals surface area contributed by atoms with Crippen LogP contribution in [0.15, 0.2) is 28.7 Å². The van der Waals surface area contributed by atoms with E-state index in [1.54, 1.807) is 38.1 Å². The van der Waals surface area contributed by atoms with Crippen LogP contribution in [0.25, 0.3) is 0 Å². The fraction of sp³-hybridized carbons (Fsp3) is 0.333. The summed E-state index contributed by atoms with van der Waals surface area (Å²) in [6, 6.07) is 7.22. The Hall–Kier alpha value is -2.56. The Labute approximate surface area is 136 Å². The maximum Gasteiger partial charge on any atom is 0.257 e. The minimum atomic E-state index is -0.124. The summed E-state index contributed by atoms with van der Waals surface area (Å²) >= 11 is 0. The molecular weight excluding hydrogens is 292 g/mol. The summed E-state index contributed by atoms with van der Waals surface area (Å²) in [6.07, 6.45) is 0. The van der Waals surface area contributed by atoms with Crippen molar-refractivity contribution in [3.8, 4) is 0 Å². The lowest BCUT2D eigenvalue weighted by molar-refractivity contribution is 0.0782. The molecule has 2 amide bonds. The molecule has 0 saturated heterocycles. The highest BCUT2D eigenvalue weighted by Crippen LogP contribution is 2.22. The zero-order chi connectivity index (χ0) is 17.1. The normalized spacial score (nSPS) is 10.5. The van der Waals surface area contributed by atoms with Gasteiger partial charge in [0.2, 0.25) is 0 Å². The molecule has 0 aliphatic heterocycles. The molecule has 2 rings (SSSR count). The molecule has 0 atom stereocenters. The number of amides is 2. The van der Waals surface area contributed by atoms with Crippen molar-refractivity contribution in [2.75, 3.05) is 14.1 Å². The summed E-state index contributed by atoms with van der Waals surface area (Å²) in [7, 11) is 3.36. The Morgan fingerprint density at radius 3 is 2.17 bits per heavy atom. The van der Waals surface area contributed by atoms with Gasteiger partial charge in [-0.15, -0.1) is 0 Å². The lowest BCUT2D eigenvalue weighted by Gasteiger charge is -2.17. The van der Waals surface area contributed by atoms with Gasteiger partial charge in [0, 0.05) is 31.8 Å². The Balaban J connectivity index is 2.13. The van der Waals surface area contributed by atoms with Crippen molar-refractivity contribution < 1.29 is 14.0 Å². The van der Waals surface area contributed by atoms with Crippen molar-refractivity contribution >= 4 is 11.8 Å². The molecule has 0 radical (unpaired) electrons. The number of hydrogen-bond acceptors (Lipinski definition) is 3. The molecule has 0 unspecified atom stereocenters. The summed E-state index contributed by atoms with van der Waals surface area (Å²) in [5.74, 6) is 1.23. The minimum absolute atomic E-state index is 0.0628. The van der Waals surface area contributed by atoms with Gasteiger partial charge in [0.15, 0.2) is 0 Å². The van der Waals surface area contributed by atoms with Crippen LogP contribution in [-0.4, -0.2) is 30.8 Å². The third-order valence-corrected chi connectivity index (χ3v) is 3.98. The van der Waals surface area contributed by atoms with Crippen LogP contribution in [0.4, 0.5) is 0 Å². The lowest BCUT2D eigenvalue weighted by Crippen LogP contribution is -2.27. The van der Waals surface area contributed by atoms with Gasteiger partial charge >= 0.3 is 0 Å². The minimum Gasteiger partial charge on any atom is -0.466 e. The van der Waals surface area contributed by atoms with Crippen LogP contribution in [0.3, 0.4) is 0 Å². The van der Waals surface area contributed by atoms with Crippen molar-refractivity contribution in [2.24, 2.45) is 0 Å². The second-order valence-electron chi connectivity index (χ2n) is 5.65. The van der Waals surface area contributed by atoms with Crippen LogP contribution in [0.5, 0.6) is 0 Å². The number of hydrogen-bond donors (Lipinski definition) is 1. The summed E-state index contributed by atoms with van der Waals surface area (Å²) in [5, 5.41) is 2.58. The molecule has 0 aliphatic carbocycles. The first-order valence-corrected chi connectivity index (χ1v) is 7.48. The van der Waals surface area contributed by atoms with E-state index in [0.717, 1.165) is 16.9 Å². The zero-order valence-electron chi connectivity index (χ0n) is 14.2. The highest BCUT2D eigenvalue weighted by atomic mass is 16.3. The van der Waals surface area contributed by atoms with Gasteiger partial charge in [-0.05, 0) is 38.5 Å². The number of carbonyl (C=O) groups is 2. The molecule has 5 nitrogen and oxygen atoms in total. The molecule has 5 heteroatoms. The van der Waals surface area contributed by atoms with E-state index in [2.05, 4.69) is 5.32 Å². The molecule has 0 aliphatic rings. The van der Waals surface area contributed by atoms with Crippen LogP contribution < -0.4 is 5.32 Å². The van der Waals surface area contributed by atoms with E-state index in [1.807, 2.05) is 26.0 Å². The van der Waals surface area contributed by atoms with E-state index in [1.165, 1.54) is 0 Å². The molecule has 1 aromatic carbocycles. The maximum absolute atomic E-state index is 12.6. The predicted molar refractivity (Wildman–Crippen MR) is 88.5 cm³/mol. The first kappa shape index (κ1) is 16.8. The number of carbonyl (C=O) groups excluding carboxylic acids is 2. The summed E-state index contributed by atoms with van der Waals surface area (Å²) in [4.78, 5) is 25.8. The Morgan fingerprint density at radius 2 is 1.70 bits per heavy atom. The molecule has 0 saturated carbocycles. The molecule has 0 fully saturated rings. The Bertz CT molecular complexity index is 729. The second-order valence-corrected chi connectivity index (χ2v) is 5.65. The molecule has 0 spiro atoms. The van der Waals surface area contributed by atoms with Gasteiger partial charge in [-0.25, -0.2) is 0 Å². The summed E-state index contributed by atoms with van der Waals surface area (Å²) in [5.41, 5.74) is 3.08. The van der Waals surface area contributed by atoms with E-state index < -0.39 is 0 Å². The van der Waals surface area contributed by atoms with Gasteiger partial charge in [-0.3, -0.25) is 9.59 Å². The SMILES string of the molecule is CNC(=O)c1ccc(CN(C)C(=O)c2c(C)oc(C)c2C)cc1. The quantitative estimate of drug-likeness (QED) is 0.944. The van der Waals surface area contributed by atoms with Crippen LogP contribution in [-0.2, 0) is 6.54 Å². The number of nitrogens with zero attached hydrogens (tertiary/aromatic N) is 1. The van der Waals surface area contributed by atoms with Crippen LogP contribution in [0.2, 0.25) is 0 Å². The van der Waals surface area contributed by atoms with Crippen molar-refractivity contribution in [1.82, 2.24) is 10.2 Å². The second kappa shape index (κ2) is 6.69. The number of rotatable bonds is 4. The zero-order valence-corrected chi connectivity index (χ0v) is 14.2. The van der Waals surface area contributed by atoms with Gasteiger partial charge in [-0.2, -0.15) is 0 Å². The summed E-state index contributed by atoms with van der Waals surface area (Å²) < 4.78 is 5.53. The van der Waals surface area contributed by atoms with Gasteiger partial charge in [-0.1, -0.05) is 12.1 Å². The molecule has 2 aromatic rings. The van der Waals surface area contributed by atoms with Crippen molar-refractivity contribution in [3.63, 3.8) is 0 Å². The molecule has 1 aromatic heterocycles. The predicted octanol–water partition coefficient (Wildman–Crippen LogP) is 2.84. The Morgan fingerprint density at radius 1 is 1.09 bits per heavy atom. The van der Waals surface area contributed by atoms with E-state index >= 15 is 0 Å². The van der Waals surface area contributed by atoms with Crippen molar-refractivity contribution in [3.05, 3.63) is 58.0 Å². The molecular formula is C18H22N2O3. The highest BCUT2D eigenvalue weighted by Gasteiger charge is 2.21. The van der Waals surface area contributed by atoms with Gasteiger partial charge in [0.25, 0.3) is 11.8 Å². The van der Waals surface area contributed by atoms with Crippen molar-refractivity contribution in [2.45, 2.75) is 27.3 Å². The first-order valence-electron chi connectivity index (χ1n) is 7.48. The van der Waals surface area contributed by atoms with Gasteiger partial charge < -0.3 is 14.6 Å². The summed E-state index contributed by atoms with van der Waals surface area (Å²) in [6.45, 7) is 6.02. The van der Waals surface area contributed by atoms with Crippen LogP contribution >= 0.6 is 0 Å². The average Bonchev–Trinajstić information content (AvgIpc) is 2.79. The van der Waals surface area contributed by atoms with E-state index in [4.69, 9.17) is 4.42 Å². The van der Waals surface area contributed by atoms with E-state index in [0.29, 0.717) is 23.4 Å². The van der Waals surface area contributed by atoms with Gasteiger partial charge in [0.1, 0.15) is 11.5 Å². The highest BCUT2D eigenvalue weighted by molar-refractivity contribution is 5.96. The molecule has 0 bridgehead atoms. The number of aryl methyl sites for hydroxylation is 2. The molecule has 23 heavy (non-hydrogen) atoms.